The number of rotatable bonds is 5. The Morgan fingerprint density at radius 2 is 1.78 bits per heavy atom. The number of benzene rings is 2. The molecule has 7 nitrogen and oxygen atoms in total. The van der Waals surface area contributed by atoms with Crippen molar-refractivity contribution in [3.63, 3.8) is 0 Å². The van der Waals surface area contributed by atoms with Crippen molar-refractivity contribution in [3.8, 4) is 0 Å². The Hall–Kier alpha value is -3.52. The zero-order chi connectivity index (χ0) is 25.0. The Morgan fingerprint density at radius 1 is 1.06 bits per heavy atom. The first kappa shape index (κ1) is 22.9. The van der Waals surface area contributed by atoms with Gasteiger partial charge >= 0.3 is 0 Å². The molecule has 3 heterocycles. The normalized spacial score (nSPS) is 30.6. The predicted octanol–water partition coefficient (Wildman–Crippen LogP) is 3.49. The molecular formula is C28H28FN3O4. The van der Waals surface area contributed by atoms with Crippen LogP contribution >= 0.6 is 0 Å². The van der Waals surface area contributed by atoms with E-state index in [1.165, 1.54) is 23.1 Å². The van der Waals surface area contributed by atoms with E-state index in [-0.39, 0.29) is 23.5 Å². The molecule has 6 rings (SSSR count). The SMILES string of the molecule is Cc1ccc(NC(=O)[C@H]2[C@H]3C(=O)N(c4ccccc4F)[C@@H](C(=O)NC4CCCC4)[C@@]34C=C[C@H]2O4)cc1. The molecular weight excluding hydrogens is 461 g/mol. The molecule has 3 aliphatic heterocycles. The first-order valence-electron chi connectivity index (χ1n) is 12.5. The summed E-state index contributed by atoms with van der Waals surface area (Å²) >= 11 is 0. The zero-order valence-electron chi connectivity index (χ0n) is 19.9. The molecule has 2 bridgehead atoms. The molecule has 1 spiro atoms. The van der Waals surface area contributed by atoms with Gasteiger partial charge in [-0.3, -0.25) is 19.3 Å². The van der Waals surface area contributed by atoms with Gasteiger partial charge in [-0.2, -0.15) is 0 Å². The summed E-state index contributed by atoms with van der Waals surface area (Å²) in [4.78, 5) is 42.4. The third-order valence-corrected chi connectivity index (χ3v) is 7.96. The van der Waals surface area contributed by atoms with E-state index in [0.29, 0.717) is 5.69 Å². The topological polar surface area (TPSA) is 87.7 Å². The van der Waals surface area contributed by atoms with E-state index >= 15 is 0 Å². The molecule has 2 aromatic rings. The minimum absolute atomic E-state index is 0.00809. The van der Waals surface area contributed by atoms with Crippen molar-refractivity contribution in [1.82, 2.24) is 5.32 Å². The van der Waals surface area contributed by atoms with E-state index in [1.54, 1.807) is 30.4 Å². The number of para-hydroxylation sites is 1. The molecule has 4 aliphatic rings. The third kappa shape index (κ3) is 3.46. The largest absolute Gasteiger partial charge is 0.359 e. The van der Waals surface area contributed by atoms with Crippen LogP contribution in [0, 0.1) is 24.6 Å². The molecule has 0 aromatic heterocycles. The minimum Gasteiger partial charge on any atom is -0.359 e. The van der Waals surface area contributed by atoms with Gasteiger partial charge in [0.15, 0.2) is 0 Å². The third-order valence-electron chi connectivity index (χ3n) is 7.96. The fourth-order valence-corrected chi connectivity index (χ4v) is 6.29. The molecule has 0 radical (unpaired) electrons. The van der Waals surface area contributed by atoms with Crippen molar-refractivity contribution in [2.24, 2.45) is 11.8 Å². The van der Waals surface area contributed by atoms with Crippen LogP contribution in [0.2, 0.25) is 0 Å². The van der Waals surface area contributed by atoms with E-state index in [9.17, 15) is 18.8 Å². The van der Waals surface area contributed by atoms with Crippen molar-refractivity contribution in [3.05, 3.63) is 72.1 Å². The highest BCUT2D eigenvalue weighted by molar-refractivity contribution is 6.11. The van der Waals surface area contributed by atoms with Crippen LogP contribution in [-0.2, 0) is 19.1 Å². The zero-order valence-corrected chi connectivity index (χ0v) is 19.9. The summed E-state index contributed by atoms with van der Waals surface area (Å²) in [6, 6.07) is 12.2. The Bertz CT molecular complexity index is 1260. The molecule has 2 aromatic carbocycles. The standard InChI is InChI=1S/C28H28FN3O4/c1-16-10-12-18(13-11-16)30-25(33)22-21-14-15-28(36-21)23(22)27(35)32(20-9-5-4-8-19(20)29)24(28)26(34)31-17-6-2-3-7-17/h4-5,8-15,17,21-24H,2-3,6-7H2,1H3,(H,30,33)(H,31,34)/t21-,22-,23+,24+,28-/m1/s1. The van der Waals surface area contributed by atoms with Crippen LogP contribution in [0.5, 0.6) is 0 Å². The molecule has 36 heavy (non-hydrogen) atoms. The molecule has 0 unspecified atom stereocenters. The van der Waals surface area contributed by atoms with E-state index in [0.717, 1.165) is 31.2 Å². The lowest BCUT2D eigenvalue weighted by Crippen LogP contribution is -2.56. The molecule has 3 fully saturated rings. The lowest BCUT2D eigenvalue weighted by Gasteiger charge is -2.33. The summed E-state index contributed by atoms with van der Waals surface area (Å²) < 4.78 is 21.3. The minimum atomic E-state index is -1.35. The number of carbonyl (C=O) groups excluding carboxylic acids is 3. The molecule has 8 heteroatoms. The van der Waals surface area contributed by atoms with E-state index in [2.05, 4.69) is 10.6 Å². The van der Waals surface area contributed by atoms with Gasteiger partial charge in [0.05, 0.1) is 23.6 Å². The van der Waals surface area contributed by atoms with Crippen molar-refractivity contribution in [2.75, 3.05) is 10.2 Å². The second-order valence-corrected chi connectivity index (χ2v) is 10.2. The smallest absolute Gasteiger partial charge is 0.246 e. The molecule has 5 atom stereocenters. The number of anilines is 2. The second-order valence-electron chi connectivity index (χ2n) is 10.2. The lowest BCUT2D eigenvalue weighted by molar-refractivity contribution is -0.129. The second kappa shape index (κ2) is 8.55. The van der Waals surface area contributed by atoms with Crippen molar-refractivity contribution < 1.29 is 23.5 Å². The number of nitrogens with one attached hydrogen (secondary N) is 2. The molecule has 2 N–H and O–H groups in total. The van der Waals surface area contributed by atoms with Gasteiger partial charge < -0.3 is 15.4 Å². The summed E-state index contributed by atoms with van der Waals surface area (Å²) in [5, 5.41) is 5.97. The highest BCUT2D eigenvalue weighted by Gasteiger charge is 2.73. The quantitative estimate of drug-likeness (QED) is 0.630. The highest BCUT2D eigenvalue weighted by atomic mass is 19.1. The fourth-order valence-electron chi connectivity index (χ4n) is 6.29. The maximum atomic E-state index is 15.0. The van der Waals surface area contributed by atoms with Crippen molar-refractivity contribution >= 4 is 29.1 Å². The number of hydrogen-bond donors (Lipinski definition) is 2. The summed E-state index contributed by atoms with van der Waals surface area (Å²) in [6.07, 6.45) is 6.62. The van der Waals surface area contributed by atoms with Gasteiger partial charge in [0.25, 0.3) is 0 Å². The van der Waals surface area contributed by atoms with Crippen LogP contribution in [0.3, 0.4) is 0 Å². The molecule has 1 aliphatic carbocycles. The maximum Gasteiger partial charge on any atom is 0.246 e. The Balaban J connectivity index is 1.38. The molecule has 186 valence electrons. The number of hydrogen-bond acceptors (Lipinski definition) is 4. The number of aryl methyl sites for hydroxylation is 1. The average Bonchev–Trinajstić information content (AvgIpc) is 3.63. The van der Waals surface area contributed by atoms with Gasteiger partial charge in [0.2, 0.25) is 17.7 Å². The Kier molecular flexibility index (Phi) is 5.44. The Morgan fingerprint density at radius 3 is 2.50 bits per heavy atom. The number of carbonyl (C=O) groups is 3. The summed E-state index contributed by atoms with van der Waals surface area (Å²) in [6.45, 7) is 1.95. The summed E-state index contributed by atoms with van der Waals surface area (Å²) in [5.41, 5.74) is 0.331. The van der Waals surface area contributed by atoms with Crippen LogP contribution in [-0.4, -0.2) is 41.5 Å². The van der Waals surface area contributed by atoms with Crippen LogP contribution in [0.25, 0.3) is 0 Å². The van der Waals surface area contributed by atoms with Gasteiger partial charge in [-0.05, 0) is 44.0 Å². The fraction of sp³-hybridized carbons (Fsp3) is 0.393. The number of ether oxygens (including phenoxy) is 1. The molecule has 1 saturated carbocycles. The van der Waals surface area contributed by atoms with Crippen LogP contribution < -0.4 is 15.5 Å². The predicted molar refractivity (Wildman–Crippen MR) is 132 cm³/mol. The van der Waals surface area contributed by atoms with E-state index < -0.39 is 41.3 Å². The van der Waals surface area contributed by atoms with E-state index in [4.69, 9.17) is 4.74 Å². The summed E-state index contributed by atoms with van der Waals surface area (Å²) in [7, 11) is 0. The van der Waals surface area contributed by atoms with Crippen molar-refractivity contribution in [1.29, 1.82) is 0 Å². The number of fused-ring (bicyclic) bond motifs is 1. The molecule has 2 saturated heterocycles. The summed E-state index contributed by atoms with van der Waals surface area (Å²) in [5.74, 6) is -3.63. The highest BCUT2D eigenvalue weighted by Crippen LogP contribution is 2.56. The van der Waals surface area contributed by atoms with Gasteiger partial charge in [-0.15, -0.1) is 0 Å². The van der Waals surface area contributed by atoms with Crippen molar-refractivity contribution in [2.45, 2.75) is 56.4 Å². The monoisotopic (exact) mass is 489 g/mol. The average molecular weight is 490 g/mol. The number of nitrogens with zero attached hydrogens (tertiary/aromatic N) is 1. The number of amides is 3. The lowest BCUT2D eigenvalue weighted by atomic mass is 9.74. The van der Waals surface area contributed by atoms with Gasteiger partial charge in [0, 0.05) is 11.7 Å². The first-order valence-corrected chi connectivity index (χ1v) is 12.5. The van der Waals surface area contributed by atoms with Gasteiger partial charge in [-0.1, -0.05) is 54.8 Å². The Labute approximate surface area is 208 Å². The molecule has 3 amide bonds. The van der Waals surface area contributed by atoms with Crippen LogP contribution in [0.1, 0.15) is 31.2 Å². The first-order chi connectivity index (χ1) is 17.4. The maximum absolute atomic E-state index is 15.0. The van der Waals surface area contributed by atoms with Crippen LogP contribution in [0.4, 0.5) is 15.8 Å². The van der Waals surface area contributed by atoms with Gasteiger partial charge in [0.1, 0.15) is 17.5 Å². The number of halogens is 1. The van der Waals surface area contributed by atoms with E-state index in [1.807, 2.05) is 19.1 Å². The van der Waals surface area contributed by atoms with Gasteiger partial charge in [-0.25, -0.2) is 4.39 Å². The van der Waals surface area contributed by atoms with Crippen LogP contribution in [0.15, 0.2) is 60.7 Å².